The number of nitrogens with zero attached hydrogens (tertiary/aromatic N) is 3. The number of hydrazone groups is 1. The topological polar surface area (TPSA) is 45.6 Å². The lowest BCUT2D eigenvalue weighted by molar-refractivity contribution is 0.0987. The number of carbonyl (C=O) groups excluding carboxylic acids is 1. The molecule has 160 valence electrons. The fourth-order valence-corrected chi connectivity index (χ4v) is 5.57. The van der Waals surface area contributed by atoms with E-state index in [1.807, 2.05) is 54.6 Å². The van der Waals surface area contributed by atoms with Gasteiger partial charge in [-0.2, -0.15) is 10.1 Å². The molecule has 0 spiro atoms. The van der Waals surface area contributed by atoms with Crippen LogP contribution in [0.3, 0.4) is 0 Å². The summed E-state index contributed by atoms with van der Waals surface area (Å²) in [5, 5.41) is 6.55. The number of benzene rings is 3. The highest BCUT2D eigenvalue weighted by Gasteiger charge is 2.22. The summed E-state index contributed by atoms with van der Waals surface area (Å²) >= 11 is 8.41. The third-order valence-electron chi connectivity index (χ3n) is 5.50. The van der Waals surface area contributed by atoms with Gasteiger partial charge in [-0.1, -0.05) is 61.4 Å². The second-order valence-corrected chi connectivity index (χ2v) is 10.6. The summed E-state index contributed by atoms with van der Waals surface area (Å²) in [6.45, 7) is 0. The second-order valence-electron chi connectivity index (χ2n) is 7.71. The van der Waals surface area contributed by atoms with Crippen molar-refractivity contribution in [1.29, 1.82) is 0 Å². The average Bonchev–Trinajstić information content (AvgIpc) is 3.22. The maximum atomic E-state index is 13.6. The second kappa shape index (κ2) is 9.25. The van der Waals surface area contributed by atoms with Crippen LogP contribution in [-0.2, 0) is 12.8 Å². The van der Waals surface area contributed by atoms with Crippen molar-refractivity contribution in [2.75, 3.05) is 5.01 Å². The van der Waals surface area contributed by atoms with Gasteiger partial charge in [0.2, 0.25) is 5.13 Å². The Morgan fingerprint density at radius 2 is 1.69 bits per heavy atom. The van der Waals surface area contributed by atoms with Gasteiger partial charge >= 0.3 is 0 Å². The number of thiazole rings is 1. The van der Waals surface area contributed by atoms with E-state index in [0.29, 0.717) is 10.7 Å². The van der Waals surface area contributed by atoms with Gasteiger partial charge < -0.3 is 0 Å². The molecule has 4 aromatic rings. The fourth-order valence-electron chi connectivity index (χ4n) is 3.83. The maximum absolute atomic E-state index is 13.6. The fraction of sp³-hybridized carbons (Fsp3) is 0.160. The number of aromatic nitrogens is 1. The van der Waals surface area contributed by atoms with E-state index in [1.165, 1.54) is 40.3 Å². The number of aryl methyl sites for hydroxylation is 2. The van der Waals surface area contributed by atoms with Crippen molar-refractivity contribution in [3.63, 3.8) is 0 Å². The van der Waals surface area contributed by atoms with E-state index < -0.39 is 0 Å². The van der Waals surface area contributed by atoms with Gasteiger partial charge in [0.1, 0.15) is 0 Å². The Balaban J connectivity index is 1.54. The number of fused-ring (bicyclic) bond motifs is 2. The Bertz CT molecular complexity index is 1330. The Morgan fingerprint density at radius 1 is 0.938 bits per heavy atom. The molecule has 1 aliphatic carbocycles. The van der Waals surface area contributed by atoms with Gasteiger partial charge in [0.15, 0.2) is 0 Å². The molecule has 0 unspecified atom stereocenters. The van der Waals surface area contributed by atoms with Crippen LogP contribution in [0.4, 0.5) is 5.13 Å². The molecule has 5 rings (SSSR count). The van der Waals surface area contributed by atoms with Crippen molar-refractivity contribution in [2.45, 2.75) is 25.7 Å². The first-order valence-corrected chi connectivity index (χ1v) is 12.8. The minimum absolute atomic E-state index is 0.176. The van der Waals surface area contributed by atoms with Crippen LogP contribution in [-0.4, -0.2) is 17.1 Å². The zero-order valence-electron chi connectivity index (χ0n) is 17.1. The first-order valence-electron chi connectivity index (χ1n) is 10.4. The van der Waals surface area contributed by atoms with Gasteiger partial charge in [-0.3, -0.25) is 4.79 Å². The van der Waals surface area contributed by atoms with Crippen molar-refractivity contribution in [2.24, 2.45) is 5.10 Å². The number of hydrogen-bond acceptors (Lipinski definition) is 4. The summed E-state index contributed by atoms with van der Waals surface area (Å²) in [6, 6.07) is 19.7. The highest BCUT2D eigenvalue weighted by atomic mass is 79.9. The van der Waals surface area contributed by atoms with Crippen molar-refractivity contribution in [3.05, 3.63) is 91.9 Å². The molecule has 1 heterocycles. The van der Waals surface area contributed by atoms with Crippen LogP contribution in [0, 0.1) is 0 Å². The molecule has 1 aromatic heterocycles. The predicted molar refractivity (Wildman–Crippen MR) is 139 cm³/mol. The van der Waals surface area contributed by atoms with Crippen molar-refractivity contribution in [3.8, 4) is 0 Å². The number of hydrogen-bond donors (Lipinski definition) is 0. The van der Waals surface area contributed by atoms with Crippen molar-refractivity contribution < 1.29 is 4.79 Å². The zero-order chi connectivity index (χ0) is 22.1. The number of anilines is 1. The van der Waals surface area contributed by atoms with E-state index in [2.05, 4.69) is 43.0 Å². The molecule has 7 heteroatoms. The first-order chi connectivity index (χ1) is 15.6. The molecule has 0 radical (unpaired) electrons. The Kier molecular flexibility index (Phi) is 6.22. The van der Waals surface area contributed by atoms with E-state index in [1.54, 1.807) is 6.21 Å². The van der Waals surface area contributed by atoms with E-state index >= 15 is 0 Å². The molecule has 0 bridgehead atoms. The van der Waals surface area contributed by atoms with Gasteiger partial charge in [0.25, 0.3) is 5.91 Å². The van der Waals surface area contributed by atoms with Gasteiger partial charge in [0, 0.05) is 14.5 Å². The molecule has 0 fully saturated rings. The molecule has 4 nitrogen and oxygen atoms in total. The van der Waals surface area contributed by atoms with Crippen molar-refractivity contribution in [1.82, 2.24) is 4.98 Å². The largest absolute Gasteiger partial charge is 0.280 e. The quantitative estimate of drug-likeness (QED) is 0.190. The normalized spacial score (nSPS) is 13.4. The van der Waals surface area contributed by atoms with Crippen LogP contribution >= 0.6 is 43.2 Å². The predicted octanol–water partition coefficient (Wildman–Crippen LogP) is 7.38. The Hall–Kier alpha value is -2.35. The average molecular weight is 569 g/mol. The van der Waals surface area contributed by atoms with Crippen LogP contribution in [0.5, 0.6) is 0 Å². The molecule has 0 aliphatic heterocycles. The molecule has 32 heavy (non-hydrogen) atoms. The molecule has 1 amide bonds. The highest BCUT2D eigenvalue weighted by molar-refractivity contribution is 9.10. The van der Waals surface area contributed by atoms with Crippen molar-refractivity contribution >= 4 is 70.7 Å². The van der Waals surface area contributed by atoms with Crippen LogP contribution in [0.1, 0.15) is 39.9 Å². The minimum Gasteiger partial charge on any atom is -0.267 e. The van der Waals surface area contributed by atoms with E-state index in [-0.39, 0.29) is 5.91 Å². The van der Waals surface area contributed by atoms with E-state index in [0.717, 1.165) is 37.6 Å². The van der Waals surface area contributed by atoms with Crippen LogP contribution in [0.2, 0.25) is 0 Å². The SMILES string of the molecule is O=C(c1ccc2c(c1)CCCC2)N(/N=C/c1ccc(Br)cc1)c1nc2ccc(Br)cc2s1. The van der Waals surface area contributed by atoms with Gasteiger partial charge in [0.05, 0.1) is 16.4 Å². The summed E-state index contributed by atoms with van der Waals surface area (Å²) in [5.74, 6) is -0.176. The van der Waals surface area contributed by atoms with Gasteiger partial charge in [-0.25, -0.2) is 4.98 Å². The molecule has 3 aromatic carbocycles. The lowest BCUT2D eigenvalue weighted by Crippen LogP contribution is -2.26. The zero-order valence-corrected chi connectivity index (χ0v) is 21.1. The van der Waals surface area contributed by atoms with E-state index in [9.17, 15) is 4.79 Å². The number of halogens is 2. The number of amides is 1. The molecule has 0 saturated heterocycles. The first kappa shape index (κ1) is 21.5. The third kappa shape index (κ3) is 4.56. The Morgan fingerprint density at radius 3 is 2.50 bits per heavy atom. The molecular formula is C25H19Br2N3OS. The summed E-state index contributed by atoms with van der Waals surface area (Å²) in [5.41, 5.74) is 5.00. The summed E-state index contributed by atoms with van der Waals surface area (Å²) in [4.78, 5) is 18.3. The summed E-state index contributed by atoms with van der Waals surface area (Å²) in [7, 11) is 0. The Labute approximate surface area is 207 Å². The smallest absolute Gasteiger partial charge is 0.267 e. The molecule has 0 atom stereocenters. The van der Waals surface area contributed by atoms with Crippen LogP contribution in [0.15, 0.2) is 74.7 Å². The minimum atomic E-state index is -0.176. The van der Waals surface area contributed by atoms with Gasteiger partial charge in [-0.05, 0) is 84.8 Å². The van der Waals surface area contributed by atoms with Gasteiger partial charge in [-0.15, -0.1) is 0 Å². The molecule has 0 N–H and O–H groups in total. The van der Waals surface area contributed by atoms with Crippen LogP contribution in [0.25, 0.3) is 10.2 Å². The molecular weight excluding hydrogens is 550 g/mol. The molecule has 1 aliphatic rings. The monoisotopic (exact) mass is 567 g/mol. The number of rotatable bonds is 4. The summed E-state index contributed by atoms with van der Waals surface area (Å²) < 4.78 is 2.97. The summed E-state index contributed by atoms with van der Waals surface area (Å²) in [6.07, 6.45) is 6.19. The molecule has 0 saturated carbocycles. The van der Waals surface area contributed by atoms with Crippen LogP contribution < -0.4 is 5.01 Å². The van der Waals surface area contributed by atoms with E-state index in [4.69, 9.17) is 4.98 Å². The highest BCUT2D eigenvalue weighted by Crippen LogP contribution is 2.32. The maximum Gasteiger partial charge on any atom is 0.280 e. The third-order valence-corrected chi connectivity index (χ3v) is 7.52. The lowest BCUT2D eigenvalue weighted by Gasteiger charge is -2.18. The number of carbonyl (C=O) groups is 1. The standard InChI is InChI=1S/C25H19Br2N3OS/c26-20-9-5-16(6-10-20)15-28-30(25-29-22-12-11-21(27)14-23(22)32-25)24(31)19-8-7-17-3-1-2-4-18(17)13-19/h5-15H,1-4H2/b28-15+. The lowest BCUT2D eigenvalue weighted by atomic mass is 9.90.